The number of hydrogen-bond donors (Lipinski definition) is 2. The van der Waals surface area contributed by atoms with Crippen LogP contribution in [0.25, 0.3) is 5.57 Å². The summed E-state index contributed by atoms with van der Waals surface area (Å²) in [5.74, 6) is 0.510. The molecule has 1 aromatic carbocycles. The second-order valence-electron chi connectivity index (χ2n) is 6.98. The minimum absolute atomic E-state index is 0.204. The lowest BCUT2D eigenvalue weighted by molar-refractivity contribution is -0.122. The summed E-state index contributed by atoms with van der Waals surface area (Å²) >= 11 is 0. The van der Waals surface area contributed by atoms with Gasteiger partial charge in [-0.3, -0.25) is 9.69 Å². The normalized spacial score (nSPS) is 19.8. The smallest absolute Gasteiger partial charge is 0.221 e. The summed E-state index contributed by atoms with van der Waals surface area (Å²) in [6.07, 6.45) is 9.95. The molecule has 4 heteroatoms. The summed E-state index contributed by atoms with van der Waals surface area (Å²) in [5, 5.41) is 12.6. The average Bonchev–Trinajstić information content (AvgIpc) is 2.62. The number of carbonyl (C=O) groups is 1. The van der Waals surface area contributed by atoms with Crippen LogP contribution in [-0.4, -0.2) is 41.6 Å². The minimum Gasteiger partial charge on any atom is -0.508 e. The van der Waals surface area contributed by atoms with Crippen LogP contribution in [0.5, 0.6) is 5.75 Å². The van der Waals surface area contributed by atoms with Crippen LogP contribution in [0.1, 0.15) is 50.5 Å². The Morgan fingerprint density at radius 3 is 2.58 bits per heavy atom. The van der Waals surface area contributed by atoms with Gasteiger partial charge in [0.2, 0.25) is 5.91 Å². The summed E-state index contributed by atoms with van der Waals surface area (Å²) in [6, 6.07) is 7.81. The molecule has 2 aliphatic rings. The molecule has 130 valence electrons. The number of rotatable bonds is 5. The second kappa shape index (κ2) is 8.34. The number of nitrogens with one attached hydrogen (secondary N) is 1. The molecular weight excluding hydrogens is 300 g/mol. The second-order valence-corrected chi connectivity index (χ2v) is 6.98. The summed E-state index contributed by atoms with van der Waals surface area (Å²) in [7, 11) is 0. The Hall–Kier alpha value is -1.81. The van der Waals surface area contributed by atoms with Gasteiger partial charge in [-0.1, -0.05) is 37.5 Å². The zero-order valence-corrected chi connectivity index (χ0v) is 14.3. The monoisotopic (exact) mass is 328 g/mol. The van der Waals surface area contributed by atoms with E-state index in [1.165, 1.54) is 30.4 Å². The van der Waals surface area contributed by atoms with Gasteiger partial charge >= 0.3 is 0 Å². The number of amides is 1. The highest BCUT2D eigenvalue weighted by atomic mass is 16.3. The molecule has 0 aromatic heterocycles. The summed E-state index contributed by atoms with van der Waals surface area (Å²) in [5.41, 5.74) is 2.51. The van der Waals surface area contributed by atoms with E-state index in [2.05, 4.69) is 16.3 Å². The van der Waals surface area contributed by atoms with E-state index in [-0.39, 0.29) is 5.91 Å². The number of carbonyl (C=O) groups excluding carboxylic acids is 1. The molecule has 0 unspecified atom stereocenters. The van der Waals surface area contributed by atoms with Crippen LogP contribution in [0.2, 0.25) is 0 Å². The van der Waals surface area contributed by atoms with Crippen molar-refractivity contribution in [1.82, 2.24) is 10.2 Å². The maximum Gasteiger partial charge on any atom is 0.221 e. The number of hydrogen-bond acceptors (Lipinski definition) is 3. The van der Waals surface area contributed by atoms with Crippen LogP contribution in [0.15, 0.2) is 30.3 Å². The predicted molar refractivity (Wildman–Crippen MR) is 96.8 cm³/mol. The van der Waals surface area contributed by atoms with Crippen molar-refractivity contribution in [1.29, 1.82) is 0 Å². The van der Waals surface area contributed by atoms with Gasteiger partial charge in [-0.25, -0.2) is 0 Å². The van der Waals surface area contributed by atoms with Crippen molar-refractivity contribution in [2.75, 3.05) is 19.6 Å². The van der Waals surface area contributed by atoms with E-state index >= 15 is 0 Å². The minimum atomic E-state index is 0.204. The largest absolute Gasteiger partial charge is 0.508 e. The van der Waals surface area contributed by atoms with Crippen molar-refractivity contribution in [3.05, 3.63) is 35.9 Å². The molecular formula is C20H28N2O2. The lowest BCUT2D eigenvalue weighted by Gasteiger charge is -2.27. The van der Waals surface area contributed by atoms with Gasteiger partial charge in [0.15, 0.2) is 0 Å². The molecule has 1 fully saturated rings. The molecule has 0 saturated heterocycles. The lowest BCUT2D eigenvalue weighted by Crippen LogP contribution is -2.38. The van der Waals surface area contributed by atoms with Crippen LogP contribution in [0.4, 0.5) is 0 Å². The molecule has 3 rings (SSSR count). The number of benzene rings is 1. The third kappa shape index (κ3) is 4.84. The molecule has 1 aromatic rings. The molecule has 1 aliphatic carbocycles. The number of phenolic OH excluding ortho intramolecular Hbond substituents is 1. The van der Waals surface area contributed by atoms with E-state index in [1.54, 1.807) is 12.1 Å². The number of nitrogens with zero attached hydrogens (tertiary/aromatic N) is 1. The lowest BCUT2D eigenvalue weighted by atomic mass is 9.95. The van der Waals surface area contributed by atoms with Gasteiger partial charge in [0, 0.05) is 32.1 Å². The fourth-order valence-electron chi connectivity index (χ4n) is 3.66. The van der Waals surface area contributed by atoms with Crippen LogP contribution in [0.3, 0.4) is 0 Å². The standard InChI is InChI=1S/C20H28N2O2/c23-19-8-6-16(7-9-19)17-10-13-22(14-11-17)15-12-20(24)21-18-4-2-1-3-5-18/h6-10,18,23H,1-5,11-15H2,(H,21,24). The first-order chi connectivity index (χ1) is 11.7. The van der Waals surface area contributed by atoms with Gasteiger partial charge in [0.25, 0.3) is 0 Å². The Bertz CT molecular complexity index is 574. The highest BCUT2D eigenvalue weighted by Crippen LogP contribution is 2.24. The Labute approximate surface area is 144 Å². The van der Waals surface area contributed by atoms with E-state index < -0.39 is 0 Å². The number of aromatic hydroxyl groups is 1. The zero-order chi connectivity index (χ0) is 16.8. The topological polar surface area (TPSA) is 52.6 Å². The summed E-state index contributed by atoms with van der Waals surface area (Å²) < 4.78 is 0. The molecule has 1 aliphatic heterocycles. The van der Waals surface area contributed by atoms with Gasteiger partial charge in [-0.05, 0) is 42.5 Å². The summed E-state index contributed by atoms with van der Waals surface area (Å²) in [6.45, 7) is 2.72. The van der Waals surface area contributed by atoms with Gasteiger partial charge in [-0.2, -0.15) is 0 Å². The molecule has 0 atom stereocenters. The molecule has 1 amide bonds. The fourth-order valence-corrected chi connectivity index (χ4v) is 3.66. The zero-order valence-electron chi connectivity index (χ0n) is 14.3. The highest BCUT2D eigenvalue weighted by Gasteiger charge is 2.17. The summed E-state index contributed by atoms with van der Waals surface area (Å²) in [4.78, 5) is 14.4. The highest BCUT2D eigenvalue weighted by molar-refractivity contribution is 5.76. The van der Waals surface area contributed by atoms with Crippen molar-refractivity contribution in [2.24, 2.45) is 0 Å². The Kier molecular flexibility index (Phi) is 5.91. The molecule has 0 radical (unpaired) electrons. The molecule has 4 nitrogen and oxygen atoms in total. The van der Waals surface area contributed by atoms with Gasteiger partial charge in [0.1, 0.15) is 5.75 Å². The van der Waals surface area contributed by atoms with Crippen LogP contribution >= 0.6 is 0 Å². The average molecular weight is 328 g/mol. The van der Waals surface area contributed by atoms with E-state index in [4.69, 9.17) is 0 Å². The van der Waals surface area contributed by atoms with E-state index in [9.17, 15) is 9.90 Å². The Morgan fingerprint density at radius 1 is 1.17 bits per heavy atom. The first kappa shape index (κ1) is 17.0. The first-order valence-corrected chi connectivity index (χ1v) is 9.21. The molecule has 0 spiro atoms. The van der Waals surface area contributed by atoms with Crippen molar-refractivity contribution in [3.63, 3.8) is 0 Å². The third-order valence-electron chi connectivity index (χ3n) is 5.16. The van der Waals surface area contributed by atoms with Gasteiger partial charge in [0.05, 0.1) is 0 Å². The molecule has 1 saturated carbocycles. The Morgan fingerprint density at radius 2 is 1.92 bits per heavy atom. The van der Waals surface area contributed by atoms with Crippen molar-refractivity contribution >= 4 is 11.5 Å². The maximum atomic E-state index is 12.1. The van der Waals surface area contributed by atoms with E-state index in [0.717, 1.165) is 38.9 Å². The molecule has 2 N–H and O–H groups in total. The van der Waals surface area contributed by atoms with Crippen molar-refractivity contribution in [3.8, 4) is 5.75 Å². The molecule has 0 bridgehead atoms. The van der Waals surface area contributed by atoms with E-state index in [1.807, 2.05) is 12.1 Å². The third-order valence-corrected chi connectivity index (χ3v) is 5.16. The first-order valence-electron chi connectivity index (χ1n) is 9.21. The van der Waals surface area contributed by atoms with Crippen LogP contribution < -0.4 is 5.32 Å². The molecule has 1 heterocycles. The van der Waals surface area contributed by atoms with Gasteiger partial charge in [-0.15, -0.1) is 0 Å². The van der Waals surface area contributed by atoms with Crippen molar-refractivity contribution < 1.29 is 9.90 Å². The molecule has 24 heavy (non-hydrogen) atoms. The predicted octanol–water partition coefficient (Wildman–Crippen LogP) is 3.32. The SMILES string of the molecule is O=C(CCN1CC=C(c2ccc(O)cc2)CC1)NC1CCCCC1. The van der Waals surface area contributed by atoms with E-state index in [0.29, 0.717) is 18.2 Å². The Balaban J connectivity index is 1.41. The fraction of sp³-hybridized carbons (Fsp3) is 0.550. The van der Waals surface area contributed by atoms with Crippen molar-refractivity contribution in [2.45, 2.75) is 51.0 Å². The van der Waals surface area contributed by atoms with Crippen LogP contribution in [-0.2, 0) is 4.79 Å². The maximum absolute atomic E-state index is 12.1. The van der Waals surface area contributed by atoms with Crippen LogP contribution in [0, 0.1) is 0 Å². The number of phenols is 1. The van der Waals surface area contributed by atoms with Gasteiger partial charge < -0.3 is 10.4 Å². The quantitative estimate of drug-likeness (QED) is 0.872.